The van der Waals surface area contributed by atoms with Crippen molar-refractivity contribution in [2.75, 3.05) is 0 Å². The highest BCUT2D eigenvalue weighted by molar-refractivity contribution is 5.99. The van der Waals surface area contributed by atoms with Crippen molar-refractivity contribution < 1.29 is 18.0 Å². The maximum atomic E-state index is 12.7. The molecule has 0 unspecified atom stereocenters. The van der Waals surface area contributed by atoms with Crippen LogP contribution in [0.25, 0.3) is 0 Å². The molecule has 2 aromatic rings. The van der Waals surface area contributed by atoms with Crippen LogP contribution in [0, 0.1) is 13.8 Å². The quantitative estimate of drug-likeness (QED) is 0.813. The maximum Gasteiger partial charge on any atom is 0.416 e. The van der Waals surface area contributed by atoms with Gasteiger partial charge in [0.1, 0.15) is 0 Å². The lowest BCUT2D eigenvalue weighted by molar-refractivity contribution is -0.137. The number of Topliss-reactive ketones (excluding diaryl/α,β-unsaturated/α-hetero) is 1. The van der Waals surface area contributed by atoms with E-state index in [1.165, 1.54) is 12.1 Å². The molecule has 0 aliphatic rings. The third kappa shape index (κ3) is 3.15. The van der Waals surface area contributed by atoms with Gasteiger partial charge in [0, 0.05) is 19.2 Å². The Kier molecular flexibility index (Phi) is 3.89. The van der Waals surface area contributed by atoms with Gasteiger partial charge in [-0.3, -0.25) is 9.48 Å². The number of ketones is 1. The molecule has 0 fully saturated rings. The number of rotatable bonds is 3. The van der Waals surface area contributed by atoms with E-state index in [-0.39, 0.29) is 12.2 Å². The van der Waals surface area contributed by atoms with Crippen molar-refractivity contribution in [2.45, 2.75) is 26.4 Å². The van der Waals surface area contributed by atoms with Gasteiger partial charge in [0.05, 0.1) is 16.8 Å². The second-order valence-corrected chi connectivity index (χ2v) is 4.97. The first-order valence-corrected chi connectivity index (χ1v) is 6.39. The highest BCUT2D eigenvalue weighted by Gasteiger charge is 2.30. The molecule has 0 bridgehead atoms. The Morgan fingerprint density at radius 3 is 2.48 bits per heavy atom. The Morgan fingerprint density at radius 1 is 1.29 bits per heavy atom. The highest BCUT2D eigenvalue weighted by Crippen LogP contribution is 2.29. The molecule has 112 valence electrons. The second kappa shape index (κ2) is 5.35. The number of aryl methyl sites for hydroxylation is 2. The Balaban J connectivity index is 2.28. The molecule has 0 saturated carbocycles. The summed E-state index contributed by atoms with van der Waals surface area (Å²) in [4.78, 5) is 12.3. The summed E-state index contributed by atoms with van der Waals surface area (Å²) < 4.78 is 39.6. The normalized spacial score (nSPS) is 11.7. The lowest BCUT2D eigenvalue weighted by Gasteiger charge is -2.08. The van der Waals surface area contributed by atoms with E-state index in [9.17, 15) is 18.0 Å². The Labute approximate surface area is 120 Å². The van der Waals surface area contributed by atoms with Crippen LogP contribution in [0.2, 0.25) is 0 Å². The molecule has 0 spiro atoms. The predicted octanol–water partition coefficient (Wildman–Crippen LogP) is 3.48. The number of hydrogen-bond donors (Lipinski definition) is 0. The minimum atomic E-state index is -4.40. The number of hydrogen-bond acceptors (Lipinski definition) is 2. The van der Waals surface area contributed by atoms with E-state index in [0.717, 1.165) is 12.1 Å². The van der Waals surface area contributed by atoms with Gasteiger partial charge in [-0.1, -0.05) is 18.2 Å². The largest absolute Gasteiger partial charge is 0.416 e. The van der Waals surface area contributed by atoms with Crippen LogP contribution in [-0.2, 0) is 19.6 Å². The fraction of sp³-hybridized carbons (Fsp3) is 0.333. The van der Waals surface area contributed by atoms with Crippen LogP contribution in [-0.4, -0.2) is 15.6 Å². The first-order chi connectivity index (χ1) is 9.70. The predicted molar refractivity (Wildman–Crippen MR) is 72.2 cm³/mol. The first kappa shape index (κ1) is 15.3. The van der Waals surface area contributed by atoms with Crippen molar-refractivity contribution in [2.24, 2.45) is 7.05 Å². The zero-order valence-corrected chi connectivity index (χ0v) is 12.0. The lowest BCUT2D eigenvalue weighted by Crippen LogP contribution is -2.09. The monoisotopic (exact) mass is 296 g/mol. The number of nitrogens with zero attached hydrogens (tertiary/aromatic N) is 2. The summed E-state index contributed by atoms with van der Waals surface area (Å²) in [5, 5.41) is 4.15. The van der Waals surface area contributed by atoms with Gasteiger partial charge in [-0.15, -0.1) is 0 Å². The number of alkyl halides is 3. The van der Waals surface area contributed by atoms with Crippen LogP contribution in [0.5, 0.6) is 0 Å². The van der Waals surface area contributed by atoms with Crippen LogP contribution in [0.1, 0.15) is 32.9 Å². The minimum Gasteiger partial charge on any atom is -0.294 e. The molecule has 21 heavy (non-hydrogen) atoms. The lowest BCUT2D eigenvalue weighted by atomic mass is 10.00. The topological polar surface area (TPSA) is 34.9 Å². The third-order valence-electron chi connectivity index (χ3n) is 3.41. The van der Waals surface area contributed by atoms with Crippen molar-refractivity contribution in [3.05, 3.63) is 52.3 Å². The number of aromatic nitrogens is 2. The number of carbonyl (C=O) groups is 1. The average molecular weight is 296 g/mol. The fourth-order valence-corrected chi connectivity index (χ4v) is 2.31. The SMILES string of the molecule is Cc1nn(C)c(C)c1C(=O)Cc1cccc(C(F)(F)F)c1. The van der Waals surface area contributed by atoms with E-state index < -0.39 is 11.7 Å². The molecule has 1 heterocycles. The van der Waals surface area contributed by atoms with Gasteiger partial charge in [-0.2, -0.15) is 18.3 Å². The van der Waals surface area contributed by atoms with Crippen LogP contribution >= 0.6 is 0 Å². The Morgan fingerprint density at radius 2 is 1.95 bits per heavy atom. The molecule has 0 aliphatic heterocycles. The van der Waals surface area contributed by atoms with Crippen molar-refractivity contribution in [3.8, 4) is 0 Å². The number of carbonyl (C=O) groups excluding carboxylic acids is 1. The minimum absolute atomic E-state index is 0.0721. The Bertz CT molecular complexity index is 687. The van der Waals surface area contributed by atoms with E-state index in [1.807, 2.05) is 0 Å². The van der Waals surface area contributed by atoms with Gasteiger partial charge < -0.3 is 0 Å². The van der Waals surface area contributed by atoms with E-state index >= 15 is 0 Å². The second-order valence-electron chi connectivity index (χ2n) is 4.97. The van der Waals surface area contributed by atoms with Crippen molar-refractivity contribution in [1.29, 1.82) is 0 Å². The molecule has 0 amide bonds. The molecule has 1 aromatic heterocycles. The summed E-state index contributed by atoms with van der Waals surface area (Å²) in [6.07, 6.45) is -4.48. The van der Waals surface area contributed by atoms with Crippen molar-refractivity contribution >= 4 is 5.78 Å². The van der Waals surface area contributed by atoms with Crippen molar-refractivity contribution in [1.82, 2.24) is 9.78 Å². The first-order valence-electron chi connectivity index (χ1n) is 6.39. The van der Waals surface area contributed by atoms with Gasteiger partial charge >= 0.3 is 6.18 Å². The smallest absolute Gasteiger partial charge is 0.294 e. The standard InChI is InChI=1S/C15H15F3N2O/c1-9-14(10(2)20(3)19-9)13(21)8-11-5-4-6-12(7-11)15(16,17)18/h4-7H,8H2,1-3H3. The zero-order chi connectivity index (χ0) is 15.8. The maximum absolute atomic E-state index is 12.7. The van der Waals surface area contributed by atoms with Crippen LogP contribution in [0.4, 0.5) is 13.2 Å². The third-order valence-corrected chi connectivity index (χ3v) is 3.41. The van der Waals surface area contributed by atoms with Gasteiger partial charge in [0.15, 0.2) is 5.78 Å². The van der Waals surface area contributed by atoms with Crippen molar-refractivity contribution in [3.63, 3.8) is 0 Å². The van der Waals surface area contributed by atoms with Crippen LogP contribution < -0.4 is 0 Å². The summed E-state index contributed by atoms with van der Waals surface area (Å²) in [7, 11) is 1.73. The summed E-state index contributed by atoms with van der Waals surface area (Å²) in [5.41, 5.74) is 1.39. The zero-order valence-electron chi connectivity index (χ0n) is 12.0. The molecule has 2 rings (SSSR count). The van der Waals surface area contributed by atoms with Gasteiger partial charge in [0.2, 0.25) is 0 Å². The van der Waals surface area contributed by atoms with Gasteiger partial charge in [-0.05, 0) is 25.5 Å². The molecule has 0 aliphatic carbocycles. The molecule has 0 saturated heterocycles. The molecule has 6 heteroatoms. The van der Waals surface area contributed by atoms with E-state index in [4.69, 9.17) is 0 Å². The molecule has 0 atom stereocenters. The molecule has 1 aromatic carbocycles. The van der Waals surface area contributed by atoms with Crippen LogP contribution in [0.15, 0.2) is 24.3 Å². The highest BCUT2D eigenvalue weighted by atomic mass is 19.4. The van der Waals surface area contributed by atoms with Crippen LogP contribution in [0.3, 0.4) is 0 Å². The summed E-state index contributed by atoms with van der Waals surface area (Å²) in [6.45, 7) is 3.48. The number of benzene rings is 1. The molecule has 0 N–H and O–H groups in total. The molecule has 3 nitrogen and oxygen atoms in total. The van der Waals surface area contributed by atoms with E-state index in [1.54, 1.807) is 25.6 Å². The molecular formula is C15H15F3N2O. The summed E-state index contributed by atoms with van der Waals surface area (Å²) >= 11 is 0. The fourth-order valence-electron chi connectivity index (χ4n) is 2.31. The van der Waals surface area contributed by atoms with E-state index in [0.29, 0.717) is 22.5 Å². The van der Waals surface area contributed by atoms with E-state index in [2.05, 4.69) is 5.10 Å². The average Bonchev–Trinajstić information content (AvgIpc) is 2.62. The number of halogens is 3. The van der Waals surface area contributed by atoms with Gasteiger partial charge in [0.25, 0.3) is 0 Å². The molecule has 0 radical (unpaired) electrons. The summed E-state index contributed by atoms with van der Waals surface area (Å²) in [5.74, 6) is -0.225. The van der Waals surface area contributed by atoms with Gasteiger partial charge in [-0.25, -0.2) is 0 Å². The summed E-state index contributed by atoms with van der Waals surface area (Å²) in [6, 6.07) is 4.84. The Hall–Kier alpha value is -2.11. The molecular weight excluding hydrogens is 281 g/mol.